The Morgan fingerprint density at radius 3 is 2.81 bits per heavy atom. The molecule has 1 aromatic rings. The lowest BCUT2D eigenvalue weighted by molar-refractivity contribution is 0.0934. The smallest absolute Gasteiger partial charge is 0.255 e. The third-order valence-electron chi connectivity index (χ3n) is 2.29. The maximum atomic E-state index is 13.4. The fourth-order valence-corrected chi connectivity index (χ4v) is 1.76. The molecular formula is C12H15ClFNO. The number of carbonyl (C=O) groups is 1. The van der Waals surface area contributed by atoms with Crippen molar-refractivity contribution in [2.75, 3.05) is 0 Å². The highest BCUT2D eigenvalue weighted by molar-refractivity contribution is 6.33. The molecule has 1 rings (SSSR count). The van der Waals surface area contributed by atoms with Crippen LogP contribution >= 0.6 is 11.6 Å². The van der Waals surface area contributed by atoms with Crippen LogP contribution in [0.3, 0.4) is 0 Å². The van der Waals surface area contributed by atoms with E-state index in [1.54, 1.807) is 0 Å². The molecule has 0 aliphatic heterocycles. The zero-order valence-corrected chi connectivity index (χ0v) is 10.1. The monoisotopic (exact) mass is 243 g/mol. The van der Waals surface area contributed by atoms with Gasteiger partial charge < -0.3 is 5.32 Å². The number of hydrogen-bond donors (Lipinski definition) is 1. The highest BCUT2D eigenvalue weighted by atomic mass is 35.5. The lowest BCUT2D eigenvalue weighted by atomic mass is 10.1. The van der Waals surface area contributed by atoms with Crippen LogP contribution < -0.4 is 5.32 Å². The largest absolute Gasteiger partial charge is 0.349 e. The number of hydrogen-bond acceptors (Lipinski definition) is 1. The van der Waals surface area contributed by atoms with Crippen molar-refractivity contribution >= 4 is 17.5 Å². The highest BCUT2D eigenvalue weighted by Crippen LogP contribution is 2.18. The Morgan fingerprint density at radius 1 is 1.56 bits per heavy atom. The Labute approximate surface area is 99.8 Å². The lowest BCUT2D eigenvalue weighted by Crippen LogP contribution is -2.33. The second-order valence-corrected chi connectivity index (χ2v) is 4.17. The summed E-state index contributed by atoms with van der Waals surface area (Å²) in [5.41, 5.74) is -0.0767. The molecular weight excluding hydrogens is 229 g/mol. The molecule has 16 heavy (non-hydrogen) atoms. The molecule has 1 atom stereocenters. The van der Waals surface area contributed by atoms with Gasteiger partial charge in [0.15, 0.2) is 0 Å². The number of halogens is 2. The first kappa shape index (κ1) is 13.0. The third kappa shape index (κ3) is 3.20. The van der Waals surface area contributed by atoms with Crippen molar-refractivity contribution in [1.29, 1.82) is 0 Å². The number of nitrogens with one attached hydrogen (secondary N) is 1. The molecule has 0 spiro atoms. The van der Waals surface area contributed by atoms with Gasteiger partial charge in [-0.25, -0.2) is 4.39 Å². The average Bonchev–Trinajstić information content (AvgIpc) is 2.17. The summed E-state index contributed by atoms with van der Waals surface area (Å²) in [7, 11) is 0. The van der Waals surface area contributed by atoms with Crippen LogP contribution in [0.5, 0.6) is 0 Å². The number of amides is 1. The predicted molar refractivity (Wildman–Crippen MR) is 63.2 cm³/mol. The SMILES string of the molecule is CCCC(C)NC(=O)c1c(F)cccc1Cl. The summed E-state index contributed by atoms with van der Waals surface area (Å²) in [6.45, 7) is 3.91. The zero-order chi connectivity index (χ0) is 12.1. The van der Waals surface area contributed by atoms with E-state index in [-0.39, 0.29) is 16.6 Å². The van der Waals surface area contributed by atoms with Gasteiger partial charge in [-0.3, -0.25) is 4.79 Å². The number of carbonyl (C=O) groups excluding carboxylic acids is 1. The van der Waals surface area contributed by atoms with Gasteiger partial charge in [-0.05, 0) is 25.5 Å². The van der Waals surface area contributed by atoms with E-state index in [9.17, 15) is 9.18 Å². The van der Waals surface area contributed by atoms with Crippen molar-refractivity contribution < 1.29 is 9.18 Å². The van der Waals surface area contributed by atoms with E-state index in [0.29, 0.717) is 0 Å². The third-order valence-corrected chi connectivity index (χ3v) is 2.60. The fourth-order valence-electron chi connectivity index (χ4n) is 1.52. The van der Waals surface area contributed by atoms with Crippen LogP contribution in [0.2, 0.25) is 5.02 Å². The Morgan fingerprint density at radius 2 is 2.25 bits per heavy atom. The fraction of sp³-hybridized carbons (Fsp3) is 0.417. The van der Waals surface area contributed by atoms with Gasteiger partial charge in [0.2, 0.25) is 0 Å². The van der Waals surface area contributed by atoms with E-state index in [4.69, 9.17) is 11.6 Å². The Balaban J connectivity index is 2.80. The predicted octanol–water partition coefficient (Wildman–Crippen LogP) is 3.40. The summed E-state index contributed by atoms with van der Waals surface area (Å²) < 4.78 is 13.4. The van der Waals surface area contributed by atoms with Gasteiger partial charge in [-0.15, -0.1) is 0 Å². The molecule has 0 saturated heterocycles. The van der Waals surface area contributed by atoms with Crippen molar-refractivity contribution in [1.82, 2.24) is 5.32 Å². The molecule has 0 aromatic heterocycles. The van der Waals surface area contributed by atoms with Crippen molar-refractivity contribution in [3.8, 4) is 0 Å². The first-order valence-electron chi connectivity index (χ1n) is 5.31. The van der Waals surface area contributed by atoms with Crippen molar-refractivity contribution in [3.63, 3.8) is 0 Å². The van der Waals surface area contributed by atoms with Gasteiger partial charge in [0.25, 0.3) is 5.91 Å². The van der Waals surface area contributed by atoms with Crippen LogP contribution in [0.1, 0.15) is 37.0 Å². The lowest BCUT2D eigenvalue weighted by Gasteiger charge is -2.13. The maximum Gasteiger partial charge on any atom is 0.255 e. The van der Waals surface area contributed by atoms with Gasteiger partial charge in [0.05, 0.1) is 10.6 Å². The molecule has 0 fully saturated rings. The van der Waals surface area contributed by atoms with Crippen molar-refractivity contribution in [3.05, 3.63) is 34.6 Å². The van der Waals surface area contributed by atoms with E-state index >= 15 is 0 Å². The van der Waals surface area contributed by atoms with Crippen molar-refractivity contribution in [2.24, 2.45) is 0 Å². The Hall–Kier alpha value is -1.09. The molecule has 2 nitrogen and oxygen atoms in total. The molecule has 0 aliphatic rings. The van der Waals surface area contributed by atoms with Gasteiger partial charge >= 0.3 is 0 Å². The van der Waals surface area contributed by atoms with Crippen LogP contribution in [-0.4, -0.2) is 11.9 Å². The maximum absolute atomic E-state index is 13.4. The minimum atomic E-state index is -0.589. The molecule has 0 saturated carbocycles. The summed E-state index contributed by atoms with van der Waals surface area (Å²) in [5, 5.41) is 2.86. The summed E-state index contributed by atoms with van der Waals surface area (Å²) in [4.78, 5) is 11.7. The molecule has 0 bridgehead atoms. The van der Waals surface area contributed by atoms with Crippen LogP contribution in [0, 0.1) is 5.82 Å². The normalized spacial score (nSPS) is 12.2. The Kier molecular flexibility index (Phi) is 4.74. The molecule has 4 heteroatoms. The average molecular weight is 244 g/mol. The van der Waals surface area contributed by atoms with Crippen molar-refractivity contribution in [2.45, 2.75) is 32.7 Å². The molecule has 0 radical (unpaired) electrons. The summed E-state index contributed by atoms with van der Waals surface area (Å²) in [5.74, 6) is -1.04. The van der Waals surface area contributed by atoms with E-state index in [1.165, 1.54) is 18.2 Å². The first-order chi connectivity index (χ1) is 7.56. The molecule has 1 aromatic carbocycles. The number of benzene rings is 1. The summed E-state index contributed by atoms with van der Waals surface area (Å²) in [6.07, 6.45) is 1.82. The van der Waals surface area contributed by atoms with E-state index < -0.39 is 11.7 Å². The molecule has 0 heterocycles. The van der Waals surface area contributed by atoms with E-state index in [2.05, 4.69) is 5.32 Å². The van der Waals surface area contributed by atoms with Crippen LogP contribution in [0.15, 0.2) is 18.2 Å². The van der Waals surface area contributed by atoms with Crippen LogP contribution in [0.25, 0.3) is 0 Å². The van der Waals surface area contributed by atoms with Gasteiger partial charge in [-0.1, -0.05) is 31.0 Å². The minimum absolute atomic E-state index is 0.0215. The summed E-state index contributed by atoms with van der Waals surface area (Å²) >= 11 is 5.78. The van der Waals surface area contributed by atoms with Crippen LogP contribution in [0.4, 0.5) is 4.39 Å². The Bertz CT molecular complexity index is 361. The van der Waals surface area contributed by atoms with Gasteiger partial charge in [0, 0.05) is 6.04 Å². The quantitative estimate of drug-likeness (QED) is 0.863. The molecule has 0 aliphatic carbocycles. The topological polar surface area (TPSA) is 29.1 Å². The molecule has 1 unspecified atom stereocenters. The van der Waals surface area contributed by atoms with E-state index in [0.717, 1.165) is 12.8 Å². The summed E-state index contributed by atoms with van der Waals surface area (Å²) in [6, 6.07) is 4.23. The zero-order valence-electron chi connectivity index (χ0n) is 9.39. The highest BCUT2D eigenvalue weighted by Gasteiger charge is 2.16. The minimum Gasteiger partial charge on any atom is -0.349 e. The standard InChI is InChI=1S/C12H15ClFNO/c1-3-5-8(2)15-12(16)11-9(13)6-4-7-10(11)14/h4,6-8H,3,5H2,1-2H3,(H,15,16). The molecule has 1 N–H and O–H groups in total. The second-order valence-electron chi connectivity index (χ2n) is 3.76. The first-order valence-corrected chi connectivity index (χ1v) is 5.69. The van der Waals surface area contributed by atoms with Crippen LogP contribution in [-0.2, 0) is 0 Å². The molecule has 1 amide bonds. The van der Waals surface area contributed by atoms with E-state index in [1.807, 2.05) is 13.8 Å². The molecule has 88 valence electrons. The number of rotatable bonds is 4. The second kappa shape index (κ2) is 5.85. The van der Waals surface area contributed by atoms with Gasteiger partial charge in [-0.2, -0.15) is 0 Å². The van der Waals surface area contributed by atoms with Gasteiger partial charge in [0.1, 0.15) is 5.82 Å².